The highest BCUT2D eigenvalue weighted by Crippen LogP contribution is 2.22. The number of likely N-dealkylation sites (tertiary alicyclic amines) is 1. The lowest BCUT2D eigenvalue weighted by Gasteiger charge is -2.28. The summed E-state index contributed by atoms with van der Waals surface area (Å²) in [7, 11) is 1.50. The number of methoxy groups -OCH3 is 1. The molecular formula is C21H27N3O7. The van der Waals surface area contributed by atoms with Gasteiger partial charge in [0.2, 0.25) is 11.8 Å². The van der Waals surface area contributed by atoms with E-state index < -0.39 is 48.2 Å². The summed E-state index contributed by atoms with van der Waals surface area (Å²) in [5.41, 5.74) is 1.01. The molecule has 1 saturated heterocycles. The Morgan fingerprint density at radius 1 is 1.29 bits per heavy atom. The van der Waals surface area contributed by atoms with Crippen molar-refractivity contribution in [3.8, 4) is 5.75 Å². The molecule has 0 spiro atoms. The summed E-state index contributed by atoms with van der Waals surface area (Å²) in [5, 5.41) is 13.8. The molecule has 1 aliphatic rings. The molecule has 0 unspecified atom stereocenters. The van der Waals surface area contributed by atoms with E-state index in [1.54, 1.807) is 25.1 Å². The van der Waals surface area contributed by atoms with Crippen molar-refractivity contribution < 1.29 is 33.8 Å². The van der Waals surface area contributed by atoms with Crippen LogP contribution in [0.25, 0.3) is 0 Å². The minimum absolute atomic E-state index is 0.319. The van der Waals surface area contributed by atoms with Crippen LogP contribution in [0.2, 0.25) is 0 Å². The Kier molecular flexibility index (Phi) is 8.12. The summed E-state index contributed by atoms with van der Waals surface area (Å²) >= 11 is 0. The van der Waals surface area contributed by atoms with Gasteiger partial charge in [-0.1, -0.05) is 6.07 Å². The van der Waals surface area contributed by atoms with Crippen LogP contribution in [-0.2, 0) is 19.2 Å². The number of aliphatic carboxylic acids is 1. The normalized spacial score (nSPS) is 17.4. The van der Waals surface area contributed by atoms with E-state index in [4.69, 9.17) is 9.84 Å². The topological polar surface area (TPSA) is 142 Å². The van der Waals surface area contributed by atoms with Gasteiger partial charge in [0.25, 0.3) is 5.91 Å². The van der Waals surface area contributed by atoms with Gasteiger partial charge in [-0.2, -0.15) is 0 Å². The molecule has 0 radical (unpaired) electrons. The maximum atomic E-state index is 12.9. The summed E-state index contributed by atoms with van der Waals surface area (Å²) in [4.78, 5) is 61.3. The second kappa shape index (κ2) is 10.6. The predicted molar refractivity (Wildman–Crippen MR) is 110 cm³/mol. The van der Waals surface area contributed by atoms with Crippen molar-refractivity contribution >= 4 is 30.0 Å². The third-order valence-corrected chi connectivity index (χ3v) is 5.19. The first-order chi connectivity index (χ1) is 14.7. The second-order valence-electron chi connectivity index (χ2n) is 7.37. The summed E-state index contributed by atoms with van der Waals surface area (Å²) in [5.74, 6) is -2.14. The molecule has 31 heavy (non-hydrogen) atoms. The number of hydrogen-bond donors (Lipinski definition) is 3. The number of rotatable bonds is 9. The van der Waals surface area contributed by atoms with Crippen LogP contribution in [-0.4, -0.2) is 71.8 Å². The maximum absolute atomic E-state index is 12.9. The molecule has 3 amide bonds. The highest BCUT2D eigenvalue weighted by molar-refractivity contribution is 5.99. The van der Waals surface area contributed by atoms with Crippen LogP contribution in [0.4, 0.5) is 0 Å². The zero-order valence-electron chi connectivity index (χ0n) is 17.7. The summed E-state index contributed by atoms with van der Waals surface area (Å²) in [6.45, 7) is 3.59. The SMILES string of the molecule is COc1cccc(C(=O)N[C@@H](C)C(=O)N2CCC[C@H]2C(=O)N[C@H](C=O)CC(=O)O)c1C. The molecule has 3 atom stereocenters. The largest absolute Gasteiger partial charge is 0.496 e. The molecule has 3 N–H and O–H groups in total. The summed E-state index contributed by atoms with van der Waals surface area (Å²) in [6.07, 6.45) is 0.769. The Morgan fingerprint density at radius 3 is 2.61 bits per heavy atom. The molecule has 0 aromatic heterocycles. The number of nitrogens with one attached hydrogen (secondary N) is 2. The number of amides is 3. The van der Waals surface area contributed by atoms with Crippen LogP contribution in [0.3, 0.4) is 0 Å². The minimum atomic E-state index is -1.22. The fourth-order valence-electron chi connectivity index (χ4n) is 3.57. The van der Waals surface area contributed by atoms with E-state index in [1.165, 1.54) is 18.9 Å². The van der Waals surface area contributed by atoms with Crippen molar-refractivity contribution in [3.05, 3.63) is 29.3 Å². The third kappa shape index (κ3) is 5.80. The van der Waals surface area contributed by atoms with Gasteiger partial charge in [0.1, 0.15) is 24.1 Å². The van der Waals surface area contributed by atoms with Crippen molar-refractivity contribution in [2.75, 3.05) is 13.7 Å². The van der Waals surface area contributed by atoms with Gasteiger partial charge in [-0.3, -0.25) is 19.2 Å². The second-order valence-corrected chi connectivity index (χ2v) is 7.37. The quantitative estimate of drug-likeness (QED) is 0.475. The molecule has 10 nitrogen and oxygen atoms in total. The number of carbonyl (C=O) groups is 5. The molecule has 0 saturated carbocycles. The van der Waals surface area contributed by atoms with Gasteiger partial charge in [0, 0.05) is 17.7 Å². The van der Waals surface area contributed by atoms with E-state index in [0.29, 0.717) is 42.5 Å². The van der Waals surface area contributed by atoms with Gasteiger partial charge in [-0.15, -0.1) is 0 Å². The van der Waals surface area contributed by atoms with Gasteiger partial charge in [0.15, 0.2) is 0 Å². The number of nitrogens with zero attached hydrogens (tertiary/aromatic N) is 1. The van der Waals surface area contributed by atoms with Crippen LogP contribution in [0, 0.1) is 6.92 Å². The molecule has 2 rings (SSSR count). The fourth-order valence-corrected chi connectivity index (χ4v) is 3.57. The van der Waals surface area contributed by atoms with Crippen molar-refractivity contribution in [2.45, 2.75) is 51.2 Å². The zero-order chi connectivity index (χ0) is 23.1. The maximum Gasteiger partial charge on any atom is 0.305 e. The molecule has 1 aromatic carbocycles. The molecular weight excluding hydrogens is 406 g/mol. The Hall–Kier alpha value is -3.43. The first kappa shape index (κ1) is 23.8. The van der Waals surface area contributed by atoms with Crippen molar-refractivity contribution in [3.63, 3.8) is 0 Å². The van der Waals surface area contributed by atoms with Crippen molar-refractivity contribution in [1.82, 2.24) is 15.5 Å². The fraction of sp³-hybridized carbons (Fsp3) is 0.476. The first-order valence-corrected chi connectivity index (χ1v) is 9.92. The Morgan fingerprint density at radius 2 is 2.00 bits per heavy atom. The van der Waals surface area contributed by atoms with Gasteiger partial charge < -0.3 is 30.2 Å². The molecule has 0 aliphatic carbocycles. The highest BCUT2D eigenvalue weighted by Gasteiger charge is 2.37. The van der Waals surface area contributed by atoms with Gasteiger partial charge in [-0.05, 0) is 38.8 Å². The first-order valence-electron chi connectivity index (χ1n) is 9.92. The Labute approximate surface area is 179 Å². The Balaban J connectivity index is 2.05. The summed E-state index contributed by atoms with van der Waals surface area (Å²) < 4.78 is 5.21. The highest BCUT2D eigenvalue weighted by atomic mass is 16.5. The molecule has 1 fully saturated rings. The van der Waals surface area contributed by atoms with Crippen molar-refractivity contribution in [1.29, 1.82) is 0 Å². The number of aldehydes is 1. The van der Waals surface area contributed by atoms with E-state index in [-0.39, 0.29) is 0 Å². The lowest BCUT2D eigenvalue weighted by molar-refractivity contribution is -0.141. The number of carboxylic acid groups (broad SMARTS) is 1. The van der Waals surface area contributed by atoms with Crippen LogP contribution < -0.4 is 15.4 Å². The number of carbonyl (C=O) groups excluding carboxylic acids is 4. The monoisotopic (exact) mass is 433 g/mol. The molecule has 10 heteroatoms. The van der Waals surface area contributed by atoms with E-state index >= 15 is 0 Å². The average Bonchev–Trinajstić information content (AvgIpc) is 3.22. The van der Waals surface area contributed by atoms with Gasteiger partial charge in [0.05, 0.1) is 19.6 Å². The molecule has 1 aliphatic heterocycles. The van der Waals surface area contributed by atoms with E-state index in [9.17, 15) is 24.0 Å². The lowest BCUT2D eigenvalue weighted by atomic mass is 10.1. The van der Waals surface area contributed by atoms with E-state index in [2.05, 4.69) is 10.6 Å². The van der Waals surface area contributed by atoms with Crippen molar-refractivity contribution in [2.24, 2.45) is 0 Å². The number of hydrogen-bond acceptors (Lipinski definition) is 6. The predicted octanol–water partition coefficient (Wildman–Crippen LogP) is 0.271. The number of benzene rings is 1. The average molecular weight is 433 g/mol. The summed E-state index contributed by atoms with van der Waals surface area (Å²) in [6, 6.07) is 2.13. The molecule has 0 bridgehead atoms. The molecule has 168 valence electrons. The van der Waals surface area contributed by atoms with Crippen LogP contribution in [0.15, 0.2) is 18.2 Å². The molecule has 1 aromatic rings. The lowest BCUT2D eigenvalue weighted by Crippen LogP contribution is -2.54. The van der Waals surface area contributed by atoms with Crippen LogP contribution in [0.1, 0.15) is 42.1 Å². The third-order valence-electron chi connectivity index (χ3n) is 5.19. The standard InChI is InChI=1S/C21H27N3O7/c1-12-15(6-4-8-17(12)31-3)19(28)22-13(2)21(30)24-9-5-7-16(24)20(29)23-14(11-25)10-18(26)27/h4,6,8,11,13-14,16H,5,7,9-10H2,1-3H3,(H,22,28)(H,23,29)(H,26,27)/t13-,14-,16-/m0/s1. The van der Waals surface area contributed by atoms with E-state index in [0.717, 1.165) is 0 Å². The van der Waals surface area contributed by atoms with E-state index in [1.807, 2.05) is 0 Å². The Bertz CT molecular complexity index is 871. The smallest absolute Gasteiger partial charge is 0.305 e. The van der Waals surface area contributed by atoms with Gasteiger partial charge >= 0.3 is 5.97 Å². The molecule has 1 heterocycles. The number of carboxylic acids is 1. The van der Waals surface area contributed by atoms with Crippen LogP contribution in [0.5, 0.6) is 5.75 Å². The zero-order valence-corrected chi connectivity index (χ0v) is 17.7. The minimum Gasteiger partial charge on any atom is -0.496 e. The van der Waals surface area contributed by atoms with Gasteiger partial charge in [-0.25, -0.2) is 0 Å². The van der Waals surface area contributed by atoms with Crippen LogP contribution >= 0.6 is 0 Å². The number of ether oxygens (including phenoxy) is 1.